The smallest absolute Gasteiger partial charge is 0.330 e. The summed E-state index contributed by atoms with van der Waals surface area (Å²) < 4.78 is 31.5. The number of carbonyl (C=O) groups is 1. The lowest BCUT2D eigenvalue weighted by atomic mass is 9.83. The van der Waals surface area contributed by atoms with E-state index in [9.17, 15) is 4.79 Å². The average molecular weight is 505 g/mol. The molecule has 5 nitrogen and oxygen atoms in total. The molecular weight excluding hydrogens is 471 g/mol. The van der Waals surface area contributed by atoms with Gasteiger partial charge in [0.05, 0.1) is 6.61 Å². The van der Waals surface area contributed by atoms with Crippen molar-refractivity contribution in [1.82, 2.24) is 0 Å². The number of esters is 1. The second-order valence-corrected chi connectivity index (χ2v) is 9.11. The van der Waals surface area contributed by atoms with E-state index in [-0.39, 0.29) is 32.2 Å². The highest BCUT2D eigenvalue weighted by Crippen LogP contribution is 2.36. The second kappa shape index (κ2) is 13.1. The SMILES string of the molecule is C=CC(=O)OCCOc1cc(-c2ccc(-c3ccc(C4CCCCC4)cc3)cc2F)ccc1OCCO. The Morgan fingerprint density at radius 1 is 0.865 bits per heavy atom. The molecule has 6 heteroatoms. The van der Waals surface area contributed by atoms with Gasteiger partial charge in [0.15, 0.2) is 11.5 Å². The van der Waals surface area contributed by atoms with Crippen molar-refractivity contribution in [2.75, 3.05) is 26.4 Å². The summed E-state index contributed by atoms with van der Waals surface area (Å²) >= 11 is 0. The normalized spacial score (nSPS) is 13.7. The van der Waals surface area contributed by atoms with Crippen molar-refractivity contribution in [2.24, 2.45) is 0 Å². The molecule has 0 spiro atoms. The van der Waals surface area contributed by atoms with Gasteiger partial charge in [-0.15, -0.1) is 0 Å². The van der Waals surface area contributed by atoms with Gasteiger partial charge >= 0.3 is 5.97 Å². The van der Waals surface area contributed by atoms with Crippen LogP contribution in [0, 0.1) is 5.82 Å². The lowest BCUT2D eigenvalue weighted by molar-refractivity contribution is -0.138. The lowest BCUT2D eigenvalue weighted by Crippen LogP contribution is -2.11. The molecule has 1 aliphatic rings. The van der Waals surface area contributed by atoms with Gasteiger partial charge in [-0.05, 0) is 59.2 Å². The van der Waals surface area contributed by atoms with E-state index in [1.54, 1.807) is 30.3 Å². The third-order valence-electron chi connectivity index (χ3n) is 6.65. The molecule has 194 valence electrons. The van der Waals surface area contributed by atoms with E-state index < -0.39 is 5.97 Å². The highest BCUT2D eigenvalue weighted by atomic mass is 19.1. The number of ether oxygens (including phenoxy) is 3. The van der Waals surface area contributed by atoms with Crippen molar-refractivity contribution in [3.05, 3.63) is 84.7 Å². The Bertz CT molecular complexity index is 1200. The van der Waals surface area contributed by atoms with Crippen molar-refractivity contribution >= 4 is 5.97 Å². The summed E-state index contributed by atoms with van der Waals surface area (Å²) in [5, 5.41) is 9.11. The summed E-state index contributed by atoms with van der Waals surface area (Å²) in [7, 11) is 0. The average Bonchev–Trinajstić information content (AvgIpc) is 2.95. The first-order chi connectivity index (χ1) is 18.1. The quantitative estimate of drug-likeness (QED) is 0.179. The molecule has 1 N–H and O–H groups in total. The predicted molar refractivity (Wildman–Crippen MR) is 142 cm³/mol. The lowest BCUT2D eigenvalue weighted by Gasteiger charge is -2.22. The zero-order valence-electron chi connectivity index (χ0n) is 21.0. The van der Waals surface area contributed by atoms with E-state index in [0.29, 0.717) is 28.5 Å². The van der Waals surface area contributed by atoms with Gasteiger partial charge in [-0.3, -0.25) is 0 Å². The van der Waals surface area contributed by atoms with E-state index in [2.05, 4.69) is 30.8 Å². The number of rotatable bonds is 11. The molecule has 4 rings (SSSR count). The minimum absolute atomic E-state index is 0.0249. The maximum Gasteiger partial charge on any atom is 0.330 e. The van der Waals surface area contributed by atoms with Crippen LogP contribution < -0.4 is 9.47 Å². The number of hydrogen-bond donors (Lipinski definition) is 1. The Morgan fingerprint density at radius 2 is 1.57 bits per heavy atom. The third kappa shape index (κ3) is 6.98. The van der Waals surface area contributed by atoms with E-state index in [4.69, 9.17) is 19.3 Å². The molecule has 0 amide bonds. The van der Waals surface area contributed by atoms with Gasteiger partial charge < -0.3 is 19.3 Å². The molecule has 0 aliphatic heterocycles. The van der Waals surface area contributed by atoms with Crippen LogP contribution in [0.3, 0.4) is 0 Å². The van der Waals surface area contributed by atoms with Crippen molar-refractivity contribution in [3.63, 3.8) is 0 Å². The molecule has 37 heavy (non-hydrogen) atoms. The van der Waals surface area contributed by atoms with Crippen LogP contribution in [0.15, 0.2) is 73.3 Å². The summed E-state index contributed by atoms with van der Waals surface area (Å²) in [6, 6.07) is 18.8. The molecule has 1 saturated carbocycles. The molecule has 0 unspecified atom stereocenters. The Hall–Kier alpha value is -3.64. The molecule has 0 atom stereocenters. The van der Waals surface area contributed by atoms with E-state index in [1.807, 2.05) is 6.07 Å². The fourth-order valence-electron chi connectivity index (χ4n) is 4.73. The number of aliphatic hydroxyl groups excluding tert-OH is 1. The Labute approximate surface area is 217 Å². The van der Waals surface area contributed by atoms with Crippen LogP contribution in [0.2, 0.25) is 0 Å². The Kier molecular flexibility index (Phi) is 9.33. The van der Waals surface area contributed by atoms with Gasteiger partial charge in [0.2, 0.25) is 0 Å². The molecule has 0 aromatic heterocycles. The fourth-order valence-corrected chi connectivity index (χ4v) is 4.73. The zero-order valence-corrected chi connectivity index (χ0v) is 21.0. The molecule has 1 aliphatic carbocycles. The Balaban J connectivity index is 1.51. The van der Waals surface area contributed by atoms with Gasteiger partial charge in [0, 0.05) is 11.6 Å². The first kappa shape index (κ1) is 26.4. The van der Waals surface area contributed by atoms with Crippen molar-refractivity contribution in [3.8, 4) is 33.8 Å². The van der Waals surface area contributed by atoms with Crippen molar-refractivity contribution in [2.45, 2.75) is 38.0 Å². The summed E-state index contributed by atoms with van der Waals surface area (Å²) in [5.41, 5.74) is 4.22. The molecule has 0 radical (unpaired) electrons. The fraction of sp³-hybridized carbons (Fsp3) is 0.323. The van der Waals surface area contributed by atoms with Crippen LogP contribution in [0.25, 0.3) is 22.3 Å². The number of benzene rings is 3. The van der Waals surface area contributed by atoms with Crippen LogP contribution in [0.5, 0.6) is 11.5 Å². The summed E-state index contributed by atoms with van der Waals surface area (Å²) in [5.74, 6) is 0.519. The van der Waals surface area contributed by atoms with E-state index >= 15 is 4.39 Å². The van der Waals surface area contributed by atoms with Crippen LogP contribution >= 0.6 is 0 Å². The molecule has 3 aromatic rings. The first-order valence-corrected chi connectivity index (χ1v) is 12.8. The van der Waals surface area contributed by atoms with Crippen LogP contribution in [-0.2, 0) is 9.53 Å². The molecule has 0 saturated heterocycles. The number of halogens is 1. The van der Waals surface area contributed by atoms with Crippen LogP contribution in [0.1, 0.15) is 43.6 Å². The summed E-state index contributed by atoms with van der Waals surface area (Å²) in [6.07, 6.45) is 7.49. The highest BCUT2D eigenvalue weighted by molar-refractivity contribution is 5.81. The minimum Gasteiger partial charge on any atom is -0.487 e. The summed E-state index contributed by atoms with van der Waals surface area (Å²) in [6.45, 7) is 3.39. The van der Waals surface area contributed by atoms with Gasteiger partial charge in [-0.25, -0.2) is 9.18 Å². The standard InChI is InChI=1S/C31H33FO5/c1-2-31(34)37-19-18-36-30-21-26(13-15-29(30)35-17-16-33)27-14-12-25(20-28(27)32)24-10-8-23(9-11-24)22-6-4-3-5-7-22/h2,8-15,20-22,33H,1,3-7,16-19H2. The topological polar surface area (TPSA) is 65.0 Å². The van der Waals surface area contributed by atoms with Gasteiger partial charge in [0.1, 0.15) is 25.6 Å². The zero-order chi connectivity index (χ0) is 26.0. The third-order valence-corrected chi connectivity index (χ3v) is 6.65. The number of hydrogen-bond acceptors (Lipinski definition) is 5. The molecule has 0 bridgehead atoms. The number of carbonyl (C=O) groups excluding carboxylic acids is 1. The van der Waals surface area contributed by atoms with Crippen molar-refractivity contribution < 1.29 is 28.5 Å². The van der Waals surface area contributed by atoms with E-state index in [0.717, 1.165) is 17.2 Å². The first-order valence-electron chi connectivity index (χ1n) is 12.8. The molecule has 0 heterocycles. The monoisotopic (exact) mass is 504 g/mol. The van der Waals surface area contributed by atoms with Crippen LogP contribution in [-0.4, -0.2) is 37.5 Å². The Morgan fingerprint density at radius 3 is 2.27 bits per heavy atom. The molecule has 1 fully saturated rings. The maximum absolute atomic E-state index is 15.3. The number of aliphatic hydroxyl groups is 1. The highest BCUT2D eigenvalue weighted by Gasteiger charge is 2.16. The molecular formula is C31H33FO5. The molecule has 3 aromatic carbocycles. The van der Waals surface area contributed by atoms with E-state index in [1.165, 1.54) is 37.7 Å². The predicted octanol–water partition coefficient (Wildman–Crippen LogP) is 6.69. The largest absolute Gasteiger partial charge is 0.487 e. The van der Waals surface area contributed by atoms with Gasteiger partial charge in [0.25, 0.3) is 0 Å². The summed E-state index contributed by atoms with van der Waals surface area (Å²) in [4.78, 5) is 11.2. The second-order valence-electron chi connectivity index (χ2n) is 9.11. The minimum atomic E-state index is -0.542. The van der Waals surface area contributed by atoms with Gasteiger partial charge in [-0.1, -0.05) is 68.3 Å². The van der Waals surface area contributed by atoms with Crippen molar-refractivity contribution in [1.29, 1.82) is 0 Å². The maximum atomic E-state index is 15.3. The van der Waals surface area contributed by atoms with Crippen LogP contribution in [0.4, 0.5) is 4.39 Å². The van der Waals surface area contributed by atoms with Gasteiger partial charge in [-0.2, -0.15) is 0 Å².